The van der Waals surface area contributed by atoms with Gasteiger partial charge in [-0.25, -0.2) is 13.6 Å². The second-order valence-electron chi connectivity index (χ2n) is 5.22. The van der Waals surface area contributed by atoms with E-state index in [1.54, 1.807) is 12.1 Å². The predicted octanol–water partition coefficient (Wildman–Crippen LogP) is 2.59. The Labute approximate surface area is 143 Å². The Kier molecular flexibility index (Phi) is 6.45. The summed E-state index contributed by atoms with van der Waals surface area (Å²) in [7, 11) is 0. The molecule has 0 aliphatic carbocycles. The maximum atomic E-state index is 12.8. The minimum Gasteiger partial charge on any atom is -0.482 e. The molecule has 2 rings (SSSR count). The number of benzene rings is 2. The number of hydrogen-bond acceptors (Lipinski definition) is 4. The van der Waals surface area contributed by atoms with Crippen LogP contribution in [0.5, 0.6) is 5.75 Å². The molecule has 1 atom stereocenters. The van der Waals surface area contributed by atoms with Gasteiger partial charge in [-0.1, -0.05) is 12.1 Å². The van der Waals surface area contributed by atoms with Crippen LogP contribution in [0, 0.1) is 11.6 Å². The van der Waals surface area contributed by atoms with Gasteiger partial charge in [-0.3, -0.25) is 4.79 Å². The molecule has 0 saturated carbocycles. The highest BCUT2D eigenvalue weighted by atomic mass is 19.1. The van der Waals surface area contributed by atoms with E-state index in [1.807, 2.05) is 0 Å². The van der Waals surface area contributed by atoms with Gasteiger partial charge in [0.2, 0.25) is 0 Å². The lowest BCUT2D eigenvalue weighted by atomic mass is 10.2. The van der Waals surface area contributed by atoms with Crippen LogP contribution in [0.1, 0.15) is 12.5 Å². The van der Waals surface area contributed by atoms with E-state index in [2.05, 4.69) is 5.32 Å². The van der Waals surface area contributed by atoms with E-state index < -0.39 is 30.4 Å². The SMILES string of the molecule is C[C@@H](OC(=O)COc1ccc(F)cc1)C(=O)NCc1ccc(F)cc1. The van der Waals surface area contributed by atoms with Crippen molar-refractivity contribution in [1.82, 2.24) is 5.32 Å². The fourth-order valence-electron chi connectivity index (χ4n) is 1.89. The smallest absolute Gasteiger partial charge is 0.344 e. The molecule has 25 heavy (non-hydrogen) atoms. The molecule has 0 aromatic heterocycles. The molecule has 0 unspecified atom stereocenters. The fourth-order valence-corrected chi connectivity index (χ4v) is 1.89. The highest BCUT2D eigenvalue weighted by Gasteiger charge is 2.17. The molecule has 0 heterocycles. The molecule has 0 aliphatic heterocycles. The lowest BCUT2D eigenvalue weighted by Crippen LogP contribution is -2.36. The van der Waals surface area contributed by atoms with E-state index in [1.165, 1.54) is 43.3 Å². The fraction of sp³-hybridized carbons (Fsp3) is 0.222. The molecular weight excluding hydrogens is 332 g/mol. The predicted molar refractivity (Wildman–Crippen MR) is 85.7 cm³/mol. The van der Waals surface area contributed by atoms with Crippen molar-refractivity contribution in [2.45, 2.75) is 19.6 Å². The minimum absolute atomic E-state index is 0.188. The topological polar surface area (TPSA) is 64.6 Å². The summed E-state index contributed by atoms with van der Waals surface area (Å²) in [5.74, 6) is -1.68. The third-order valence-electron chi connectivity index (χ3n) is 3.23. The van der Waals surface area contributed by atoms with Crippen LogP contribution < -0.4 is 10.1 Å². The molecule has 0 spiro atoms. The molecule has 1 amide bonds. The number of esters is 1. The average molecular weight is 349 g/mol. The van der Waals surface area contributed by atoms with Gasteiger partial charge in [0.05, 0.1) is 0 Å². The number of amides is 1. The standard InChI is InChI=1S/C18H17F2NO4/c1-12(18(23)21-10-13-2-4-14(19)5-3-13)25-17(22)11-24-16-8-6-15(20)7-9-16/h2-9,12H,10-11H2,1H3,(H,21,23)/t12-/m1/s1. The van der Waals surface area contributed by atoms with E-state index in [9.17, 15) is 18.4 Å². The highest BCUT2D eigenvalue weighted by molar-refractivity contribution is 5.83. The molecule has 2 aromatic carbocycles. The zero-order valence-corrected chi connectivity index (χ0v) is 13.5. The number of rotatable bonds is 7. The summed E-state index contributed by atoms with van der Waals surface area (Å²) in [5, 5.41) is 2.58. The van der Waals surface area contributed by atoms with Gasteiger partial charge in [0.25, 0.3) is 5.91 Å². The van der Waals surface area contributed by atoms with Crippen LogP contribution in [-0.4, -0.2) is 24.6 Å². The summed E-state index contributed by atoms with van der Waals surface area (Å²) in [6, 6.07) is 10.8. The number of hydrogen-bond donors (Lipinski definition) is 1. The molecule has 5 nitrogen and oxygen atoms in total. The lowest BCUT2D eigenvalue weighted by molar-refractivity contribution is -0.156. The van der Waals surface area contributed by atoms with E-state index in [0.717, 1.165) is 0 Å². The number of ether oxygens (including phenoxy) is 2. The molecule has 7 heteroatoms. The molecule has 0 fully saturated rings. The zero-order valence-electron chi connectivity index (χ0n) is 13.5. The van der Waals surface area contributed by atoms with Crippen molar-refractivity contribution in [1.29, 1.82) is 0 Å². The lowest BCUT2D eigenvalue weighted by Gasteiger charge is -2.14. The van der Waals surface area contributed by atoms with Gasteiger partial charge in [-0.15, -0.1) is 0 Å². The van der Waals surface area contributed by atoms with E-state index >= 15 is 0 Å². The first-order valence-corrected chi connectivity index (χ1v) is 7.54. The van der Waals surface area contributed by atoms with E-state index in [-0.39, 0.29) is 12.4 Å². The second kappa shape index (κ2) is 8.77. The molecule has 1 N–H and O–H groups in total. The maximum absolute atomic E-state index is 12.8. The minimum atomic E-state index is -1.01. The Morgan fingerprint density at radius 2 is 1.56 bits per heavy atom. The van der Waals surface area contributed by atoms with Crippen molar-refractivity contribution in [3.63, 3.8) is 0 Å². The summed E-state index contributed by atoms with van der Waals surface area (Å²) in [6.45, 7) is 1.21. The summed E-state index contributed by atoms with van der Waals surface area (Å²) in [5.41, 5.74) is 0.716. The Hall–Kier alpha value is -2.96. The maximum Gasteiger partial charge on any atom is 0.344 e. The number of carbonyl (C=O) groups excluding carboxylic acids is 2. The van der Waals surface area contributed by atoms with Crippen LogP contribution >= 0.6 is 0 Å². The summed E-state index contributed by atoms with van der Waals surface area (Å²) in [6.07, 6.45) is -1.01. The van der Waals surface area contributed by atoms with Gasteiger partial charge in [0.1, 0.15) is 17.4 Å². The van der Waals surface area contributed by atoms with Crippen molar-refractivity contribution < 1.29 is 27.8 Å². The molecule has 2 aromatic rings. The molecule has 0 radical (unpaired) electrons. The quantitative estimate of drug-likeness (QED) is 0.781. The van der Waals surface area contributed by atoms with Crippen LogP contribution in [-0.2, 0) is 20.9 Å². The summed E-state index contributed by atoms with van der Waals surface area (Å²) >= 11 is 0. The normalized spacial score (nSPS) is 11.5. The number of carbonyl (C=O) groups is 2. The van der Waals surface area contributed by atoms with Gasteiger partial charge in [-0.05, 0) is 48.9 Å². The van der Waals surface area contributed by atoms with Crippen LogP contribution in [0.15, 0.2) is 48.5 Å². The van der Waals surface area contributed by atoms with E-state index in [4.69, 9.17) is 9.47 Å². The Bertz CT molecular complexity index is 717. The van der Waals surface area contributed by atoms with E-state index in [0.29, 0.717) is 11.3 Å². The monoisotopic (exact) mass is 349 g/mol. The average Bonchev–Trinajstić information content (AvgIpc) is 2.60. The van der Waals surface area contributed by atoms with Gasteiger partial charge >= 0.3 is 5.97 Å². The van der Waals surface area contributed by atoms with Gasteiger partial charge in [-0.2, -0.15) is 0 Å². The van der Waals surface area contributed by atoms with Gasteiger partial charge < -0.3 is 14.8 Å². The summed E-state index contributed by atoms with van der Waals surface area (Å²) in [4.78, 5) is 23.6. The van der Waals surface area contributed by atoms with Crippen molar-refractivity contribution in [2.75, 3.05) is 6.61 Å². The van der Waals surface area contributed by atoms with Crippen LogP contribution in [0.4, 0.5) is 8.78 Å². The van der Waals surface area contributed by atoms with Crippen LogP contribution in [0.2, 0.25) is 0 Å². The van der Waals surface area contributed by atoms with Crippen molar-refractivity contribution in [3.8, 4) is 5.75 Å². The largest absolute Gasteiger partial charge is 0.482 e. The van der Waals surface area contributed by atoms with Gasteiger partial charge in [0.15, 0.2) is 12.7 Å². The summed E-state index contributed by atoms with van der Waals surface area (Å²) < 4.78 is 35.6. The third-order valence-corrected chi connectivity index (χ3v) is 3.23. The Morgan fingerprint density at radius 3 is 2.16 bits per heavy atom. The first-order chi connectivity index (χ1) is 11.9. The Balaban J connectivity index is 1.72. The Morgan fingerprint density at radius 1 is 1.00 bits per heavy atom. The number of halogens is 2. The molecular formula is C18H17F2NO4. The first kappa shape index (κ1) is 18.4. The highest BCUT2D eigenvalue weighted by Crippen LogP contribution is 2.11. The second-order valence-corrected chi connectivity index (χ2v) is 5.22. The molecule has 0 bridgehead atoms. The molecule has 132 valence electrons. The third kappa shape index (κ3) is 6.21. The number of nitrogens with one attached hydrogen (secondary N) is 1. The van der Waals surface area contributed by atoms with Crippen LogP contribution in [0.25, 0.3) is 0 Å². The molecule has 0 aliphatic rings. The molecule has 0 saturated heterocycles. The van der Waals surface area contributed by atoms with Crippen LogP contribution in [0.3, 0.4) is 0 Å². The van der Waals surface area contributed by atoms with Crippen molar-refractivity contribution in [3.05, 3.63) is 65.7 Å². The van der Waals surface area contributed by atoms with Crippen molar-refractivity contribution >= 4 is 11.9 Å². The first-order valence-electron chi connectivity index (χ1n) is 7.54. The zero-order chi connectivity index (χ0) is 18.2. The van der Waals surface area contributed by atoms with Gasteiger partial charge in [0, 0.05) is 6.54 Å². The van der Waals surface area contributed by atoms with Crippen molar-refractivity contribution in [2.24, 2.45) is 0 Å².